The van der Waals surface area contributed by atoms with Crippen LogP contribution in [0.2, 0.25) is 0 Å². The monoisotopic (exact) mass is 326 g/mol. The first-order valence-electron chi connectivity index (χ1n) is 5.28. The van der Waals surface area contributed by atoms with E-state index in [1.165, 1.54) is 18.2 Å². The largest absolute Gasteiger partial charge is 0.399 e. The Kier molecular flexibility index (Phi) is 3.80. The molecule has 3 nitrogen and oxygen atoms in total. The van der Waals surface area contributed by atoms with Crippen molar-refractivity contribution in [2.75, 3.05) is 11.1 Å². The fraction of sp³-hybridized carbons (Fsp3) is 0. The van der Waals surface area contributed by atoms with Gasteiger partial charge in [0.05, 0.1) is 5.56 Å². The predicted molar refractivity (Wildman–Crippen MR) is 72.9 cm³/mol. The van der Waals surface area contributed by atoms with Crippen molar-refractivity contribution in [1.82, 2.24) is 0 Å². The van der Waals surface area contributed by atoms with Crippen LogP contribution < -0.4 is 11.1 Å². The molecule has 0 radical (unpaired) electrons. The molecule has 0 saturated carbocycles. The molecule has 0 aliphatic heterocycles. The Labute approximate surface area is 116 Å². The first-order chi connectivity index (χ1) is 8.95. The van der Waals surface area contributed by atoms with Gasteiger partial charge in [-0.05, 0) is 52.3 Å². The van der Waals surface area contributed by atoms with Gasteiger partial charge in [-0.25, -0.2) is 8.78 Å². The Balaban J connectivity index is 2.28. The molecule has 0 fully saturated rings. The van der Waals surface area contributed by atoms with Crippen LogP contribution in [-0.4, -0.2) is 5.91 Å². The summed E-state index contributed by atoms with van der Waals surface area (Å²) < 4.78 is 26.7. The minimum Gasteiger partial charge on any atom is -0.399 e. The Morgan fingerprint density at radius 2 is 1.84 bits per heavy atom. The van der Waals surface area contributed by atoms with Gasteiger partial charge in [0.2, 0.25) is 0 Å². The highest BCUT2D eigenvalue weighted by Crippen LogP contribution is 2.21. The fourth-order valence-corrected chi connectivity index (χ4v) is 1.98. The van der Waals surface area contributed by atoms with Gasteiger partial charge in [0.1, 0.15) is 11.6 Å². The summed E-state index contributed by atoms with van der Waals surface area (Å²) in [6.07, 6.45) is 0. The maximum Gasteiger partial charge on any atom is 0.256 e. The van der Waals surface area contributed by atoms with Crippen molar-refractivity contribution >= 4 is 33.2 Å². The standard InChI is InChI=1S/C13H9BrF2N2O/c14-12-2-1-7(15)5-11(12)13(19)18-10-4-8(16)3-9(17)6-10/h1-6H,17H2,(H,18,19). The zero-order chi connectivity index (χ0) is 14.0. The van der Waals surface area contributed by atoms with Gasteiger partial charge in [-0.1, -0.05) is 0 Å². The zero-order valence-corrected chi connectivity index (χ0v) is 11.2. The molecule has 0 unspecified atom stereocenters. The molecular weight excluding hydrogens is 318 g/mol. The lowest BCUT2D eigenvalue weighted by molar-refractivity contribution is 0.102. The molecule has 0 spiro atoms. The van der Waals surface area contributed by atoms with Crippen molar-refractivity contribution in [1.29, 1.82) is 0 Å². The molecule has 0 saturated heterocycles. The lowest BCUT2D eigenvalue weighted by Gasteiger charge is -2.08. The number of nitrogens with two attached hydrogens (primary N) is 1. The topological polar surface area (TPSA) is 55.1 Å². The number of nitrogen functional groups attached to an aromatic ring is 1. The van der Waals surface area contributed by atoms with E-state index < -0.39 is 17.5 Å². The Hall–Kier alpha value is -1.95. The van der Waals surface area contributed by atoms with Crippen molar-refractivity contribution in [3.8, 4) is 0 Å². The van der Waals surface area contributed by atoms with Crippen LogP contribution in [0.3, 0.4) is 0 Å². The van der Waals surface area contributed by atoms with Gasteiger partial charge in [0.25, 0.3) is 5.91 Å². The van der Waals surface area contributed by atoms with E-state index in [-0.39, 0.29) is 16.9 Å². The summed E-state index contributed by atoms with van der Waals surface area (Å²) in [6, 6.07) is 7.40. The third-order valence-electron chi connectivity index (χ3n) is 2.35. The number of nitrogens with one attached hydrogen (secondary N) is 1. The fourth-order valence-electron chi connectivity index (χ4n) is 1.55. The number of benzene rings is 2. The maximum atomic E-state index is 13.1. The predicted octanol–water partition coefficient (Wildman–Crippen LogP) is 3.56. The average Bonchev–Trinajstić information content (AvgIpc) is 2.30. The van der Waals surface area contributed by atoms with Crippen molar-refractivity contribution in [3.63, 3.8) is 0 Å². The summed E-state index contributed by atoms with van der Waals surface area (Å²) >= 11 is 3.15. The zero-order valence-electron chi connectivity index (χ0n) is 9.58. The Bertz CT molecular complexity index is 626. The van der Waals surface area contributed by atoms with Crippen LogP contribution in [0.5, 0.6) is 0 Å². The minimum absolute atomic E-state index is 0.114. The van der Waals surface area contributed by atoms with Crippen molar-refractivity contribution in [2.24, 2.45) is 0 Å². The van der Waals surface area contributed by atoms with Crippen LogP contribution in [0.1, 0.15) is 10.4 Å². The number of halogens is 3. The van der Waals surface area contributed by atoms with Gasteiger partial charge in [-0.2, -0.15) is 0 Å². The van der Waals surface area contributed by atoms with E-state index in [4.69, 9.17) is 5.73 Å². The summed E-state index contributed by atoms with van der Waals surface area (Å²) in [5.74, 6) is -1.66. The molecule has 6 heteroatoms. The van der Waals surface area contributed by atoms with E-state index >= 15 is 0 Å². The second kappa shape index (κ2) is 5.36. The molecule has 19 heavy (non-hydrogen) atoms. The summed E-state index contributed by atoms with van der Waals surface area (Å²) in [7, 11) is 0. The molecule has 2 aromatic rings. The summed E-state index contributed by atoms with van der Waals surface area (Å²) in [5.41, 5.74) is 5.98. The first kappa shape index (κ1) is 13.5. The van der Waals surface area contributed by atoms with Crippen LogP contribution in [0.25, 0.3) is 0 Å². The third-order valence-corrected chi connectivity index (χ3v) is 3.04. The van der Waals surface area contributed by atoms with Crippen LogP contribution in [0, 0.1) is 11.6 Å². The summed E-state index contributed by atoms with van der Waals surface area (Å²) in [4.78, 5) is 11.9. The molecule has 2 aromatic carbocycles. The number of rotatable bonds is 2. The van der Waals surface area contributed by atoms with Crippen LogP contribution in [0.4, 0.5) is 20.2 Å². The van der Waals surface area contributed by atoms with Crippen LogP contribution in [-0.2, 0) is 0 Å². The SMILES string of the molecule is Nc1cc(F)cc(NC(=O)c2cc(F)ccc2Br)c1. The van der Waals surface area contributed by atoms with Crippen molar-refractivity contribution < 1.29 is 13.6 Å². The van der Waals surface area contributed by atoms with Crippen molar-refractivity contribution in [2.45, 2.75) is 0 Å². The first-order valence-corrected chi connectivity index (χ1v) is 6.07. The van der Waals surface area contributed by atoms with Gasteiger partial charge in [-0.15, -0.1) is 0 Å². The normalized spacial score (nSPS) is 10.3. The van der Waals surface area contributed by atoms with E-state index in [9.17, 15) is 13.6 Å². The third kappa shape index (κ3) is 3.29. The second-order valence-electron chi connectivity index (χ2n) is 3.85. The van der Waals surface area contributed by atoms with E-state index in [2.05, 4.69) is 21.2 Å². The molecule has 0 atom stereocenters. The van der Waals surface area contributed by atoms with E-state index in [1.54, 1.807) is 0 Å². The molecule has 98 valence electrons. The summed E-state index contributed by atoms with van der Waals surface area (Å²) in [5, 5.41) is 2.45. The van der Waals surface area contributed by atoms with Gasteiger partial charge < -0.3 is 11.1 Å². The highest BCUT2D eigenvalue weighted by Gasteiger charge is 2.12. The van der Waals surface area contributed by atoms with E-state index in [1.807, 2.05) is 0 Å². The van der Waals surface area contributed by atoms with Crippen LogP contribution in [0.15, 0.2) is 40.9 Å². The molecule has 0 heterocycles. The number of hydrogen-bond donors (Lipinski definition) is 2. The number of carbonyl (C=O) groups is 1. The molecule has 3 N–H and O–H groups in total. The van der Waals surface area contributed by atoms with Gasteiger partial charge in [0, 0.05) is 15.8 Å². The number of amides is 1. The lowest BCUT2D eigenvalue weighted by atomic mass is 10.2. The average molecular weight is 327 g/mol. The molecule has 0 aromatic heterocycles. The smallest absolute Gasteiger partial charge is 0.256 e. The molecule has 0 aliphatic rings. The van der Waals surface area contributed by atoms with E-state index in [0.29, 0.717) is 4.47 Å². The molecule has 0 bridgehead atoms. The molecule has 2 rings (SSSR count). The van der Waals surface area contributed by atoms with Crippen LogP contribution >= 0.6 is 15.9 Å². The van der Waals surface area contributed by atoms with Gasteiger partial charge in [0.15, 0.2) is 0 Å². The van der Waals surface area contributed by atoms with E-state index in [0.717, 1.165) is 18.2 Å². The highest BCUT2D eigenvalue weighted by atomic mass is 79.9. The second-order valence-corrected chi connectivity index (χ2v) is 4.71. The number of carbonyl (C=O) groups excluding carboxylic acids is 1. The number of hydrogen-bond acceptors (Lipinski definition) is 2. The van der Waals surface area contributed by atoms with Gasteiger partial charge >= 0.3 is 0 Å². The maximum absolute atomic E-state index is 13.1. The van der Waals surface area contributed by atoms with Crippen molar-refractivity contribution in [3.05, 3.63) is 58.1 Å². The van der Waals surface area contributed by atoms with Gasteiger partial charge in [-0.3, -0.25) is 4.79 Å². The Morgan fingerprint density at radius 1 is 1.11 bits per heavy atom. The quantitative estimate of drug-likeness (QED) is 0.829. The molecule has 0 aliphatic carbocycles. The molecule has 1 amide bonds. The number of anilines is 2. The highest BCUT2D eigenvalue weighted by molar-refractivity contribution is 9.10. The molecular formula is C13H9BrF2N2O. The Morgan fingerprint density at radius 3 is 2.53 bits per heavy atom. The lowest BCUT2D eigenvalue weighted by Crippen LogP contribution is -2.13. The summed E-state index contributed by atoms with van der Waals surface area (Å²) in [6.45, 7) is 0. The minimum atomic E-state index is -0.561.